The minimum absolute atomic E-state index is 0.111. The second-order valence-electron chi connectivity index (χ2n) is 9.17. The Morgan fingerprint density at radius 3 is 2.59 bits per heavy atom. The first-order valence-corrected chi connectivity index (χ1v) is 11.8. The molecule has 1 unspecified atom stereocenters. The van der Waals surface area contributed by atoms with Gasteiger partial charge in [0, 0.05) is 35.7 Å². The maximum Gasteiger partial charge on any atom is 0.347 e. The van der Waals surface area contributed by atoms with Gasteiger partial charge in [0.2, 0.25) is 0 Å². The molecule has 4 N–H and O–H groups in total. The molecule has 4 heterocycles. The van der Waals surface area contributed by atoms with Gasteiger partial charge >= 0.3 is 5.69 Å². The number of nitrogens with two attached hydrogens (primary N) is 1. The van der Waals surface area contributed by atoms with Crippen molar-refractivity contribution in [1.29, 1.82) is 0 Å². The van der Waals surface area contributed by atoms with Crippen LogP contribution in [0.15, 0.2) is 47.3 Å². The van der Waals surface area contributed by atoms with Crippen LogP contribution < -0.4 is 11.4 Å². The molecule has 1 fully saturated rings. The summed E-state index contributed by atoms with van der Waals surface area (Å²) in [5.41, 5.74) is 8.66. The number of nitrogens with one attached hydrogen (secondary N) is 1. The molecule has 1 saturated heterocycles. The summed E-state index contributed by atoms with van der Waals surface area (Å²) in [7, 11) is 0. The zero-order valence-electron chi connectivity index (χ0n) is 20.1. The summed E-state index contributed by atoms with van der Waals surface area (Å²) < 4.78 is 34.4. The molecular weight excluding hydrogens is 480 g/mol. The fourth-order valence-corrected chi connectivity index (χ4v) is 4.58. The second-order valence-corrected chi connectivity index (χ2v) is 9.17. The van der Waals surface area contributed by atoms with Crippen molar-refractivity contribution in [2.75, 3.05) is 13.2 Å². The first kappa shape index (κ1) is 24.8. The molecule has 1 atom stereocenters. The highest BCUT2D eigenvalue weighted by Gasteiger charge is 2.27. The lowest BCUT2D eigenvalue weighted by Crippen LogP contribution is -2.34. The Kier molecular flexibility index (Phi) is 6.60. The van der Waals surface area contributed by atoms with Crippen molar-refractivity contribution in [1.82, 2.24) is 19.6 Å². The Morgan fingerprint density at radius 2 is 1.86 bits per heavy atom. The van der Waals surface area contributed by atoms with Crippen LogP contribution in [0, 0.1) is 30.4 Å². The Hall–Kier alpha value is -3.91. The summed E-state index contributed by atoms with van der Waals surface area (Å²) in [5, 5.41) is 17.1. The maximum atomic E-state index is 13.8. The van der Waals surface area contributed by atoms with Crippen molar-refractivity contribution in [2.45, 2.75) is 37.8 Å². The molecule has 1 aromatic carbocycles. The van der Waals surface area contributed by atoms with Gasteiger partial charge in [-0.3, -0.25) is 0 Å². The molecule has 5 rings (SSSR count). The fraction of sp³-hybridized carbons (Fsp3) is 0.296. The molecule has 0 bridgehead atoms. The van der Waals surface area contributed by atoms with E-state index < -0.39 is 23.3 Å². The Balaban J connectivity index is 1.60. The van der Waals surface area contributed by atoms with Gasteiger partial charge in [-0.2, -0.15) is 5.10 Å². The molecule has 0 saturated carbocycles. The molecule has 0 spiro atoms. The molecule has 1 aliphatic rings. The van der Waals surface area contributed by atoms with Gasteiger partial charge in [-0.15, -0.1) is 0 Å². The summed E-state index contributed by atoms with van der Waals surface area (Å²) in [4.78, 5) is 17.0. The number of halogens is 2. The molecule has 4 aromatic rings. The first-order valence-electron chi connectivity index (χ1n) is 11.8. The fourth-order valence-electron chi connectivity index (χ4n) is 4.58. The van der Waals surface area contributed by atoms with Crippen molar-refractivity contribution >= 4 is 5.65 Å². The van der Waals surface area contributed by atoms with E-state index in [0.29, 0.717) is 65.5 Å². The number of aromatic amines is 1. The molecule has 0 radical (unpaired) electrons. The van der Waals surface area contributed by atoms with Crippen LogP contribution in [0.25, 0.3) is 16.8 Å². The number of benzene rings is 1. The van der Waals surface area contributed by atoms with E-state index in [1.54, 1.807) is 25.1 Å². The summed E-state index contributed by atoms with van der Waals surface area (Å²) in [5.74, 6) is 4.47. The van der Waals surface area contributed by atoms with E-state index in [9.17, 15) is 18.7 Å². The van der Waals surface area contributed by atoms with E-state index in [4.69, 9.17) is 15.5 Å². The molecule has 0 amide bonds. The summed E-state index contributed by atoms with van der Waals surface area (Å²) in [6, 6.07) is 9.54. The second kappa shape index (κ2) is 9.86. The third-order valence-electron chi connectivity index (χ3n) is 6.51. The number of aliphatic hydroxyl groups is 1. The highest BCUT2D eigenvalue weighted by Crippen LogP contribution is 2.31. The summed E-state index contributed by atoms with van der Waals surface area (Å²) >= 11 is 0. The van der Waals surface area contributed by atoms with Crippen LogP contribution in [0.1, 0.15) is 41.5 Å². The van der Waals surface area contributed by atoms with Crippen LogP contribution in [0.3, 0.4) is 0 Å². The third-order valence-corrected chi connectivity index (χ3v) is 6.51. The van der Waals surface area contributed by atoms with Gasteiger partial charge in [0.05, 0.1) is 24.9 Å². The molecule has 1 aliphatic heterocycles. The molecule has 0 aliphatic carbocycles. The van der Waals surface area contributed by atoms with E-state index >= 15 is 0 Å². The maximum absolute atomic E-state index is 13.8. The smallest absolute Gasteiger partial charge is 0.347 e. The predicted octanol–water partition coefficient (Wildman–Crippen LogP) is 2.81. The zero-order chi connectivity index (χ0) is 26.2. The minimum atomic E-state index is -1.16. The van der Waals surface area contributed by atoms with Gasteiger partial charge in [0.1, 0.15) is 22.9 Å². The molecule has 190 valence electrons. The monoisotopic (exact) mass is 505 g/mol. The van der Waals surface area contributed by atoms with E-state index in [-0.39, 0.29) is 12.1 Å². The Bertz CT molecular complexity index is 1580. The van der Waals surface area contributed by atoms with E-state index in [1.807, 2.05) is 6.07 Å². The number of nitrogens with zero attached hydrogens (tertiary/aromatic N) is 3. The summed E-state index contributed by atoms with van der Waals surface area (Å²) in [6.45, 7) is 2.63. The van der Waals surface area contributed by atoms with Crippen molar-refractivity contribution in [3.8, 4) is 23.0 Å². The Labute approximate surface area is 211 Å². The number of H-pyrrole nitrogens is 1. The average molecular weight is 506 g/mol. The summed E-state index contributed by atoms with van der Waals surface area (Å²) in [6.07, 6.45) is 0.905. The number of aryl methyl sites for hydroxylation is 1. The van der Waals surface area contributed by atoms with E-state index in [1.165, 1.54) is 16.5 Å². The quantitative estimate of drug-likeness (QED) is 0.367. The van der Waals surface area contributed by atoms with Gasteiger partial charge in [-0.1, -0.05) is 5.92 Å². The molecule has 10 heteroatoms. The van der Waals surface area contributed by atoms with Crippen molar-refractivity contribution in [3.63, 3.8) is 0 Å². The van der Waals surface area contributed by atoms with Crippen LogP contribution in [-0.2, 0) is 11.2 Å². The van der Waals surface area contributed by atoms with Gasteiger partial charge in [0.25, 0.3) is 0 Å². The van der Waals surface area contributed by atoms with Gasteiger partial charge in [-0.05, 0) is 61.2 Å². The number of pyridine rings is 2. The largest absolute Gasteiger partial charge is 0.381 e. The number of hydrogen-bond donors (Lipinski definition) is 3. The number of hydrogen-bond acceptors (Lipinski definition) is 6. The number of aromatic nitrogens is 4. The SMILES string of the molecule is Cc1c(-c2ccc(C#CC3(O)CCOCC3)nc2C(N)Cc2cc(F)cc(F)c2)ccc2n[nH]c(=O)n12. The number of fused-ring (bicyclic) bond motifs is 1. The lowest BCUT2D eigenvalue weighted by Gasteiger charge is -2.26. The van der Waals surface area contributed by atoms with Crippen molar-refractivity contribution < 1.29 is 18.6 Å². The van der Waals surface area contributed by atoms with Crippen molar-refractivity contribution in [3.05, 3.63) is 87.2 Å². The van der Waals surface area contributed by atoms with Crippen LogP contribution in [-0.4, -0.2) is 43.5 Å². The standard InChI is InChI=1S/C27H25F2N5O3/c1-16-21(4-5-24-32-33-26(35)34(16)24)22-3-2-20(6-7-27(36)8-10-37-11-9-27)31-25(22)23(30)14-17-12-18(28)15-19(29)13-17/h2-5,12-13,15,23,36H,8-11,14,30H2,1H3,(H,33,35). The highest BCUT2D eigenvalue weighted by molar-refractivity contribution is 5.71. The lowest BCUT2D eigenvalue weighted by atomic mass is 9.94. The molecule has 8 nitrogen and oxygen atoms in total. The highest BCUT2D eigenvalue weighted by atomic mass is 19.1. The third kappa shape index (κ3) is 5.15. The van der Waals surface area contributed by atoms with Gasteiger partial charge in [0.15, 0.2) is 5.65 Å². The first-order chi connectivity index (χ1) is 17.7. The zero-order valence-corrected chi connectivity index (χ0v) is 20.1. The normalized spacial score (nSPS) is 15.8. The number of rotatable bonds is 4. The van der Waals surface area contributed by atoms with Crippen LogP contribution in [0.5, 0.6) is 0 Å². The van der Waals surface area contributed by atoms with E-state index in [0.717, 1.165) is 6.07 Å². The van der Waals surface area contributed by atoms with Gasteiger partial charge < -0.3 is 15.6 Å². The average Bonchev–Trinajstić information content (AvgIpc) is 3.24. The van der Waals surface area contributed by atoms with Crippen LogP contribution in [0.2, 0.25) is 0 Å². The molecule has 3 aromatic heterocycles. The van der Waals surface area contributed by atoms with E-state index in [2.05, 4.69) is 22.0 Å². The predicted molar refractivity (Wildman–Crippen MR) is 133 cm³/mol. The minimum Gasteiger partial charge on any atom is -0.381 e. The molecule has 37 heavy (non-hydrogen) atoms. The van der Waals surface area contributed by atoms with Crippen molar-refractivity contribution in [2.24, 2.45) is 5.73 Å². The number of ether oxygens (including phenoxy) is 1. The Morgan fingerprint density at radius 1 is 1.16 bits per heavy atom. The topological polar surface area (TPSA) is 119 Å². The van der Waals surface area contributed by atoms with Gasteiger partial charge in [-0.25, -0.2) is 28.1 Å². The lowest BCUT2D eigenvalue weighted by molar-refractivity contribution is -0.0262. The van der Waals surface area contributed by atoms with Crippen LogP contribution in [0.4, 0.5) is 8.78 Å². The molecular formula is C27H25F2N5O3. The van der Waals surface area contributed by atoms with Crippen LogP contribution >= 0.6 is 0 Å².